The van der Waals surface area contributed by atoms with E-state index in [-0.39, 0.29) is 24.0 Å². The average molecular weight is 303 g/mol. The van der Waals surface area contributed by atoms with Crippen molar-refractivity contribution in [2.75, 3.05) is 24.2 Å². The molecule has 2 N–H and O–H groups in total. The monoisotopic (exact) mass is 303 g/mol. The van der Waals surface area contributed by atoms with Gasteiger partial charge >= 0.3 is 6.18 Å². The van der Waals surface area contributed by atoms with Crippen molar-refractivity contribution in [3.63, 3.8) is 0 Å². The lowest BCUT2D eigenvalue weighted by Crippen LogP contribution is -2.30. The van der Waals surface area contributed by atoms with Crippen LogP contribution in [0.5, 0.6) is 0 Å². The minimum absolute atomic E-state index is 0.0392. The maximum Gasteiger partial charge on any atom is 0.427 e. The molecule has 18 heavy (non-hydrogen) atoms. The van der Waals surface area contributed by atoms with Gasteiger partial charge in [-0.25, -0.2) is 18.1 Å². The third kappa shape index (κ3) is 4.78. The third-order valence-electron chi connectivity index (χ3n) is 1.89. The highest BCUT2D eigenvalue weighted by Crippen LogP contribution is 2.34. The van der Waals surface area contributed by atoms with Crippen molar-refractivity contribution in [2.45, 2.75) is 13.1 Å². The quantitative estimate of drug-likeness (QED) is 0.782. The molecule has 0 aliphatic carbocycles. The number of alkyl halides is 3. The van der Waals surface area contributed by atoms with E-state index in [2.05, 4.69) is 15.0 Å². The van der Waals surface area contributed by atoms with E-state index in [1.807, 2.05) is 0 Å². The van der Waals surface area contributed by atoms with Crippen LogP contribution in [0.15, 0.2) is 6.20 Å². The van der Waals surface area contributed by atoms with Gasteiger partial charge in [-0.05, 0) is 6.92 Å². The molecule has 0 saturated carbocycles. The molecule has 1 rings (SSSR count). The first-order chi connectivity index (χ1) is 8.24. The number of aromatic nitrogens is 1. The van der Waals surface area contributed by atoms with Crippen LogP contribution in [0.1, 0.15) is 11.8 Å². The second kappa shape index (κ2) is 5.85. The van der Waals surface area contributed by atoms with Gasteiger partial charge in [0.15, 0.2) is 5.13 Å². The molecule has 0 atom stereocenters. The average Bonchev–Trinajstić information content (AvgIpc) is 2.73. The summed E-state index contributed by atoms with van der Waals surface area (Å²) in [5.41, 5.74) is 0. The highest BCUT2D eigenvalue weighted by molar-refractivity contribution is 7.89. The summed E-state index contributed by atoms with van der Waals surface area (Å²) in [7, 11) is -3.28. The maximum absolute atomic E-state index is 12.2. The van der Waals surface area contributed by atoms with E-state index in [9.17, 15) is 21.6 Å². The second-order valence-corrected chi connectivity index (χ2v) is 6.38. The molecule has 0 bridgehead atoms. The van der Waals surface area contributed by atoms with E-state index < -0.39 is 21.1 Å². The molecule has 5 nitrogen and oxygen atoms in total. The molecule has 1 aromatic rings. The number of sulfonamides is 1. The van der Waals surface area contributed by atoms with Crippen molar-refractivity contribution in [2.24, 2.45) is 0 Å². The largest absolute Gasteiger partial charge is 0.427 e. The van der Waals surface area contributed by atoms with Gasteiger partial charge in [0.2, 0.25) is 10.0 Å². The zero-order chi connectivity index (χ0) is 13.8. The minimum Gasteiger partial charge on any atom is -0.360 e. The lowest BCUT2D eigenvalue weighted by Gasteiger charge is -2.04. The molecular formula is C8H12F3N3O2S2. The Kier molecular flexibility index (Phi) is 4.93. The van der Waals surface area contributed by atoms with Gasteiger partial charge in [0.1, 0.15) is 4.88 Å². The second-order valence-electron chi connectivity index (χ2n) is 3.25. The summed E-state index contributed by atoms with van der Waals surface area (Å²) < 4.78 is 61.1. The van der Waals surface area contributed by atoms with Crippen LogP contribution in [0.4, 0.5) is 18.3 Å². The lowest BCUT2D eigenvalue weighted by atomic mass is 10.5. The molecule has 0 fully saturated rings. The van der Waals surface area contributed by atoms with Gasteiger partial charge in [-0.1, -0.05) is 11.3 Å². The van der Waals surface area contributed by atoms with Crippen LogP contribution >= 0.6 is 11.3 Å². The number of thiazole rings is 1. The standard InChI is InChI=1S/C8H12F3N3O2S2/c1-2-18(15,16)14-4-3-12-7-13-5-6(17-7)8(9,10)11/h5,14H,2-4H2,1H3,(H,12,13). The highest BCUT2D eigenvalue weighted by atomic mass is 32.2. The zero-order valence-corrected chi connectivity index (χ0v) is 11.0. The Labute approximate surface area is 106 Å². The molecule has 0 aromatic carbocycles. The Morgan fingerprint density at radius 1 is 1.39 bits per heavy atom. The van der Waals surface area contributed by atoms with E-state index in [1.54, 1.807) is 0 Å². The fourth-order valence-electron chi connectivity index (χ4n) is 0.965. The maximum atomic E-state index is 12.2. The number of nitrogens with zero attached hydrogens (tertiary/aromatic N) is 1. The molecule has 0 amide bonds. The molecule has 0 aliphatic heterocycles. The van der Waals surface area contributed by atoms with Crippen LogP contribution in [0.25, 0.3) is 0 Å². The smallest absolute Gasteiger partial charge is 0.360 e. The molecule has 10 heteroatoms. The number of nitrogens with one attached hydrogen (secondary N) is 2. The van der Waals surface area contributed by atoms with Crippen LogP contribution in [-0.2, 0) is 16.2 Å². The van der Waals surface area contributed by atoms with Crippen molar-refractivity contribution < 1.29 is 21.6 Å². The van der Waals surface area contributed by atoms with Gasteiger partial charge in [-0.15, -0.1) is 0 Å². The van der Waals surface area contributed by atoms with Gasteiger partial charge in [0.05, 0.1) is 11.9 Å². The lowest BCUT2D eigenvalue weighted by molar-refractivity contribution is -0.134. The summed E-state index contributed by atoms with van der Waals surface area (Å²) in [6, 6.07) is 0. The van der Waals surface area contributed by atoms with Gasteiger partial charge in [-0.3, -0.25) is 0 Å². The fourth-order valence-corrected chi connectivity index (χ4v) is 2.29. The van der Waals surface area contributed by atoms with Gasteiger partial charge in [-0.2, -0.15) is 13.2 Å². The van der Waals surface area contributed by atoms with Crippen molar-refractivity contribution in [3.8, 4) is 0 Å². The van der Waals surface area contributed by atoms with Crippen molar-refractivity contribution >= 4 is 26.5 Å². The Morgan fingerprint density at radius 2 is 2.06 bits per heavy atom. The Bertz CT molecular complexity index is 484. The van der Waals surface area contributed by atoms with Crippen molar-refractivity contribution in [3.05, 3.63) is 11.1 Å². The van der Waals surface area contributed by atoms with Gasteiger partial charge in [0, 0.05) is 13.1 Å². The molecular weight excluding hydrogens is 291 g/mol. The van der Waals surface area contributed by atoms with E-state index in [0.717, 1.165) is 6.20 Å². The van der Waals surface area contributed by atoms with E-state index in [0.29, 0.717) is 11.3 Å². The summed E-state index contributed by atoms with van der Waals surface area (Å²) in [5.74, 6) is -0.0392. The molecule has 1 heterocycles. The number of hydrogen-bond donors (Lipinski definition) is 2. The summed E-state index contributed by atoms with van der Waals surface area (Å²) in [4.78, 5) is 2.75. The topological polar surface area (TPSA) is 71.1 Å². The SMILES string of the molecule is CCS(=O)(=O)NCCNc1ncc(C(F)(F)F)s1. The predicted octanol–water partition coefficient (Wildman–Crippen LogP) is 1.51. The first-order valence-electron chi connectivity index (χ1n) is 4.99. The molecule has 0 unspecified atom stereocenters. The molecule has 104 valence electrons. The minimum atomic E-state index is -4.40. The normalized spacial score (nSPS) is 12.7. The molecule has 0 spiro atoms. The summed E-state index contributed by atoms with van der Waals surface area (Å²) in [6.07, 6.45) is -3.66. The van der Waals surface area contributed by atoms with E-state index in [1.165, 1.54) is 6.92 Å². The zero-order valence-electron chi connectivity index (χ0n) is 9.41. The van der Waals surface area contributed by atoms with Gasteiger partial charge < -0.3 is 5.32 Å². The van der Waals surface area contributed by atoms with Crippen molar-refractivity contribution in [1.29, 1.82) is 0 Å². The number of halogens is 3. The molecule has 0 saturated heterocycles. The number of anilines is 1. The van der Waals surface area contributed by atoms with Crippen molar-refractivity contribution in [1.82, 2.24) is 9.71 Å². The van der Waals surface area contributed by atoms with E-state index in [4.69, 9.17) is 0 Å². The van der Waals surface area contributed by atoms with Crippen LogP contribution in [0, 0.1) is 0 Å². The summed E-state index contributed by atoms with van der Waals surface area (Å²) in [5, 5.41) is 2.72. The van der Waals surface area contributed by atoms with Gasteiger partial charge in [0.25, 0.3) is 0 Å². The fraction of sp³-hybridized carbons (Fsp3) is 0.625. The van der Waals surface area contributed by atoms with Crippen LogP contribution in [-0.4, -0.2) is 32.2 Å². The summed E-state index contributed by atoms with van der Waals surface area (Å²) in [6.45, 7) is 1.76. The third-order valence-corrected chi connectivity index (χ3v) is 4.29. The van der Waals surface area contributed by atoms with Crippen LogP contribution in [0.3, 0.4) is 0 Å². The van der Waals surface area contributed by atoms with Crippen LogP contribution < -0.4 is 10.0 Å². The number of hydrogen-bond acceptors (Lipinski definition) is 5. The summed E-state index contributed by atoms with van der Waals surface area (Å²) >= 11 is 0.479. The molecule has 0 aliphatic rings. The Morgan fingerprint density at radius 3 is 2.56 bits per heavy atom. The Balaban J connectivity index is 2.39. The number of rotatable bonds is 6. The Hall–Kier alpha value is -0.870. The predicted molar refractivity (Wildman–Crippen MR) is 63.1 cm³/mol. The molecule has 0 radical (unpaired) electrons. The highest BCUT2D eigenvalue weighted by Gasteiger charge is 2.33. The molecule has 1 aromatic heterocycles. The van der Waals surface area contributed by atoms with Crippen LogP contribution in [0.2, 0.25) is 0 Å². The first-order valence-corrected chi connectivity index (χ1v) is 7.45. The van der Waals surface area contributed by atoms with E-state index >= 15 is 0 Å². The first kappa shape index (κ1) is 15.2.